The summed E-state index contributed by atoms with van der Waals surface area (Å²) in [4.78, 5) is 24.2. The summed E-state index contributed by atoms with van der Waals surface area (Å²) in [5.74, 6) is 0.702. The number of piperazine rings is 1. The Morgan fingerprint density at radius 1 is 1.05 bits per heavy atom. The Kier molecular flexibility index (Phi) is 6.75. The van der Waals surface area contributed by atoms with Crippen molar-refractivity contribution >= 4 is 33.0 Å². The lowest BCUT2D eigenvalue weighted by Gasteiger charge is -2.39. The second kappa shape index (κ2) is 10.1. The number of anilines is 2. The fourth-order valence-corrected chi connectivity index (χ4v) is 7.50. The Hall–Kier alpha value is -3.55. The van der Waals surface area contributed by atoms with Gasteiger partial charge in [-0.3, -0.25) is 4.90 Å². The van der Waals surface area contributed by atoms with E-state index in [2.05, 4.69) is 42.1 Å². The minimum atomic E-state index is -3.66. The standard InChI is InChI=1S/C27H32FN9O2S/c1-5-36-19-6-7-20(36)15-35(14-19)40(38,39)21-8-9-24(29-12-21)33-27-31-13-22(28)25(34-27)18-10-23-26(30-11-18)32-17(4)37(23)16(2)3/h8-13,16,19-20H,5-7,14-15H2,1-4H3,(H,29,31,33,34). The van der Waals surface area contributed by atoms with Gasteiger partial charge in [0, 0.05) is 49.2 Å². The molecule has 4 aromatic rings. The van der Waals surface area contributed by atoms with Gasteiger partial charge in [0.1, 0.15) is 22.2 Å². The van der Waals surface area contributed by atoms with Gasteiger partial charge in [0.2, 0.25) is 16.0 Å². The molecule has 2 saturated heterocycles. The average Bonchev–Trinajstić information content (AvgIpc) is 3.39. The minimum Gasteiger partial charge on any atom is -0.324 e. The highest BCUT2D eigenvalue weighted by Gasteiger charge is 2.43. The van der Waals surface area contributed by atoms with Crippen molar-refractivity contribution in [3.8, 4) is 11.3 Å². The maximum atomic E-state index is 14.8. The van der Waals surface area contributed by atoms with E-state index in [0.717, 1.165) is 36.9 Å². The molecule has 4 aromatic heterocycles. The van der Waals surface area contributed by atoms with Crippen LogP contribution in [0, 0.1) is 12.7 Å². The Balaban J connectivity index is 1.22. The molecular formula is C27H32FN9O2S. The van der Waals surface area contributed by atoms with Crippen LogP contribution in [0.4, 0.5) is 16.2 Å². The second-order valence-electron chi connectivity index (χ2n) is 10.6. The van der Waals surface area contributed by atoms with Gasteiger partial charge in [-0.25, -0.2) is 37.7 Å². The van der Waals surface area contributed by atoms with Crippen molar-refractivity contribution in [2.24, 2.45) is 0 Å². The van der Waals surface area contributed by atoms with Crippen molar-refractivity contribution in [1.29, 1.82) is 0 Å². The van der Waals surface area contributed by atoms with Gasteiger partial charge in [-0.2, -0.15) is 4.31 Å². The molecule has 0 aromatic carbocycles. The molecule has 13 heteroatoms. The first kappa shape index (κ1) is 26.7. The molecule has 0 aliphatic carbocycles. The summed E-state index contributed by atoms with van der Waals surface area (Å²) in [5.41, 5.74) is 1.95. The number of nitrogens with one attached hydrogen (secondary N) is 1. The first-order valence-electron chi connectivity index (χ1n) is 13.5. The van der Waals surface area contributed by atoms with Crippen LogP contribution in [0.25, 0.3) is 22.4 Å². The maximum Gasteiger partial charge on any atom is 0.244 e. The molecule has 2 aliphatic rings. The molecule has 0 amide bonds. The van der Waals surface area contributed by atoms with Gasteiger partial charge < -0.3 is 9.88 Å². The van der Waals surface area contributed by atoms with E-state index >= 15 is 0 Å². The van der Waals surface area contributed by atoms with Gasteiger partial charge in [-0.1, -0.05) is 6.92 Å². The summed E-state index contributed by atoms with van der Waals surface area (Å²) in [6.07, 6.45) is 6.01. The summed E-state index contributed by atoms with van der Waals surface area (Å²) in [7, 11) is -3.66. The molecule has 2 aliphatic heterocycles. The van der Waals surface area contributed by atoms with E-state index in [-0.39, 0.29) is 34.7 Å². The van der Waals surface area contributed by atoms with Crippen LogP contribution in [0.5, 0.6) is 0 Å². The van der Waals surface area contributed by atoms with E-state index in [1.807, 2.05) is 31.4 Å². The van der Waals surface area contributed by atoms with Crippen molar-refractivity contribution in [3.05, 3.63) is 48.4 Å². The number of pyridine rings is 2. The predicted octanol–water partition coefficient (Wildman–Crippen LogP) is 3.91. The highest BCUT2D eigenvalue weighted by Crippen LogP contribution is 2.33. The number of aromatic nitrogens is 6. The van der Waals surface area contributed by atoms with E-state index in [1.54, 1.807) is 16.6 Å². The van der Waals surface area contributed by atoms with Crippen LogP contribution in [0.3, 0.4) is 0 Å². The molecule has 0 saturated carbocycles. The highest BCUT2D eigenvalue weighted by molar-refractivity contribution is 7.89. The van der Waals surface area contributed by atoms with Crippen LogP contribution in [0.2, 0.25) is 0 Å². The number of aryl methyl sites for hydroxylation is 1. The maximum absolute atomic E-state index is 14.8. The fraction of sp³-hybridized carbons (Fsp3) is 0.444. The fourth-order valence-electron chi connectivity index (χ4n) is 6.04. The number of sulfonamides is 1. The summed E-state index contributed by atoms with van der Waals surface area (Å²) in [6, 6.07) is 5.60. The van der Waals surface area contributed by atoms with Crippen LogP contribution in [0.1, 0.15) is 45.5 Å². The molecule has 0 spiro atoms. The third kappa shape index (κ3) is 4.61. The molecular weight excluding hydrogens is 533 g/mol. The molecule has 2 atom stereocenters. The summed E-state index contributed by atoms with van der Waals surface area (Å²) in [6.45, 7) is 10.1. The average molecular weight is 566 g/mol. The van der Waals surface area contributed by atoms with Crippen molar-refractivity contribution in [1.82, 2.24) is 38.7 Å². The quantitative estimate of drug-likeness (QED) is 0.355. The van der Waals surface area contributed by atoms with Crippen LogP contribution < -0.4 is 5.32 Å². The first-order valence-corrected chi connectivity index (χ1v) is 15.0. The van der Waals surface area contributed by atoms with Crippen molar-refractivity contribution in [2.75, 3.05) is 25.0 Å². The summed E-state index contributed by atoms with van der Waals surface area (Å²) < 4.78 is 45.1. The molecule has 2 fully saturated rings. The molecule has 40 heavy (non-hydrogen) atoms. The highest BCUT2D eigenvalue weighted by atomic mass is 32.2. The van der Waals surface area contributed by atoms with E-state index in [0.29, 0.717) is 30.1 Å². The van der Waals surface area contributed by atoms with Gasteiger partial charge in [0.25, 0.3) is 0 Å². The monoisotopic (exact) mass is 565 g/mol. The molecule has 6 heterocycles. The number of fused-ring (bicyclic) bond motifs is 3. The van der Waals surface area contributed by atoms with E-state index < -0.39 is 15.8 Å². The third-order valence-corrected chi connectivity index (χ3v) is 9.65. The van der Waals surface area contributed by atoms with E-state index in [4.69, 9.17) is 0 Å². The topological polar surface area (TPSA) is 122 Å². The molecule has 2 unspecified atom stereocenters. The summed E-state index contributed by atoms with van der Waals surface area (Å²) >= 11 is 0. The van der Waals surface area contributed by atoms with Crippen LogP contribution in [-0.4, -0.2) is 78.8 Å². The zero-order valence-electron chi connectivity index (χ0n) is 22.9. The number of imidazole rings is 1. The normalized spacial score (nSPS) is 20.1. The lowest BCUT2D eigenvalue weighted by Crippen LogP contribution is -2.54. The van der Waals surface area contributed by atoms with Crippen LogP contribution in [0.15, 0.2) is 41.7 Å². The molecule has 1 N–H and O–H groups in total. The van der Waals surface area contributed by atoms with Gasteiger partial charge >= 0.3 is 0 Å². The third-order valence-electron chi connectivity index (χ3n) is 7.84. The smallest absolute Gasteiger partial charge is 0.244 e. The van der Waals surface area contributed by atoms with Gasteiger partial charge in [-0.15, -0.1) is 0 Å². The number of nitrogens with zero attached hydrogens (tertiary/aromatic N) is 8. The molecule has 210 valence electrons. The number of likely N-dealkylation sites (N-methyl/N-ethyl adjacent to an activating group) is 1. The zero-order valence-corrected chi connectivity index (χ0v) is 23.7. The second-order valence-corrected chi connectivity index (χ2v) is 12.6. The Bertz CT molecular complexity index is 1660. The number of hydrogen-bond acceptors (Lipinski definition) is 9. The zero-order chi connectivity index (χ0) is 28.2. The summed E-state index contributed by atoms with van der Waals surface area (Å²) in [5, 5.41) is 2.95. The van der Waals surface area contributed by atoms with Crippen molar-refractivity contribution in [2.45, 2.75) is 63.6 Å². The van der Waals surface area contributed by atoms with Crippen molar-refractivity contribution < 1.29 is 12.8 Å². The Morgan fingerprint density at radius 2 is 1.80 bits per heavy atom. The molecule has 0 radical (unpaired) electrons. The van der Waals surface area contributed by atoms with Gasteiger partial charge in [-0.05, 0) is 58.4 Å². The predicted molar refractivity (Wildman–Crippen MR) is 149 cm³/mol. The number of halogens is 1. The SMILES string of the molecule is CCN1C2CCC1CN(S(=O)(=O)c1ccc(Nc3ncc(F)c(-c4cnc5nc(C)n(C(C)C)c5c4)n3)nc1)C2. The number of rotatable bonds is 7. The lowest BCUT2D eigenvalue weighted by molar-refractivity contribution is 0.116. The largest absolute Gasteiger partial charge is 0.324 e. The van der Waals surface area contributed by atoms with E-state index in [9.17, 15) is 12.8 Å². The molecule has 11 nitrogen and oxygen atoms in total. The van der Waals surface area contributed by atoms with E-state index in [1.165, 1.54) is 12.3 Å². The van der Waals surface area contributed by atoms with Crippen LogP contribution >= 0.6 is 0 Å². The lowest BCUT2D eigenvalue weighted by atomic mass is 10.2. The van der Waals surface area contributed by atoms with Crippen molar-refractivity contribution in [3.63, 3.8) is 0 Å². The Labute approximate surface area is 232 Å². The first-order chi connectivity index (χ1) is 19.2. The van der Waals surface area contributed by atoms with Gasteiger partial charge in [0.05, 0.1) is 11.7 Å². The van der Waals surface area contributed by atoms with Crippen LogP contribution in [-0.2, 0) is 10.0 Å². The Morgan fingerprint density at radius 3 is 2.45 bits per heavy atom. The molecule has 6 rings (SSSR count). The molecule has 2 bridgehead atoms. The van der Waals surface area contributed by atoms with Gasteiger partial charge in [0.15, 0.2) is 11.5 Å². The minimum absolute atomic E-state index is 0.0844. The number of hydrogen-bond donors (Lipinski definition) is 1.